The number of furan rings is 1. The van der Waals surface area contributed by atoms with Crippen LogP contribution in [0.1, 0.15) is 24.3 Å². The molecule has 0 aliphatic heterocycles. The maximum Gasteiger partial charge on any atom is 0.125 e. The highest BCUT2D eigenvalue weighted by atomic mass is 16.5. The van der Waals surface area contributed by atoms with E-state index in [1.165, 1.54) is 0 Å². The molecule has 4 nitrogen and oxygen atoms in total. The molecule has 1 atom stereocenters. The van der Waals surface area contributed by atoms with Gasteiger partial charge in [0.2, 0.25) is 0 Å². The fourth-order valence-electron chi connectivity index (χ4n) is 1.85. The quantitative estimate of drug-likeness (QED) is 0.863. The smallest absolute Gasteiger partial charge is 0.125 e. The van der Waals surface area contributed by atoms with Crippen LogP contribution < -0.4 is 10.1 Å². The van der Waals surface area contributed by atoms with E-state index in [4.69, 9.17) is 9.15 Å². The van der Waals surface area contributed by atoms with Crippen molar-refractivity contribution in [2.24, 2.45) is 0 Å². The standard InChI is InChI=1S/C15H16N2O2/c1-2-18-15-8-4-3-7-13(15)14(10-16)17-11-12-6-5-9-19-12/h3-9,14,17H,2,11H2,1H3. The van der Waals surface area contributed by atoms with Crippen molar-refractivity contribution in [2.75, 3.05) is 6.61 Å². The average Bonchev–Trinajstić information content (AvgIpc) is 2.95. The molecule has 1 aromatic heterocycles. The number of rotatable bonds is 6. The molecule has 0 aliphatic rings. The second-order valence-electron chi connectivity index (χ2n) is 3.99. The highest BCUT2D eigenvalue weighted by Crippen LogP contribution is 2.25. The van der Waals surface area contributed by atoms with Gasteiger partial charge in [-0.15, -0.1) is 0 Å². The molecule has 4 heteroatoms. The molecule has 0 saturated heterocycles. The molecule has 1 aromatic carbocycles. The fraction of sp³-hybridized carbons (Fsp3) is 0.267. The van der Waals surface area contributed by atoms with E-state index in [0.717, 1.165) is 17.1 Å². The van der Waals surface area contributed by atoms with Gasteiger partial charge in [0.05, 0.1) is 25.5 Å². The van der Waals surface area contributed by atoms with E-state index >= 15 is 0 Å². The minimum Gasteiger partial charge on any atom is -0.493 e. The summed E-state index contributed by atoms with van der Waals surface area (Å²) in [6, 6.07) is 13.1. The molecule has 1 heterocycles. The third-order valence-corrected chi connectivity index (χ3v) is 2.72. The van der Waals surface area contributed by atoms with Gasteiger partial charge in [0.25, 0.3) is 0 Å². The third-order valence-electron chi connectivity index (χ3n) is 2.72. The van der Waals surface area contributed by atoms with Crippen LogP contribution >= 0.6 is 0 Å². The average molecular weight is 256 g/mol. The Morgan fingerprint density at radius 1 is 1.32 bits per heavy atom. The molecule has 0 aliphatic carbocycles. The van der Waals surface area contributed by atoms with Gasteiger partial charge in [-0.25, -0.2) is 0 Å². The minimum absolute atomic E-state index is 0.423. The van der Waals surface area contributed by atoms with Gasteiger partial charge >= 0.3 is 0 Å². The first-order valence-corrected chi connectivity index (χ1v) is 6.22. The SMILES string of the molecule is CCOc1ccccc1C(C#N)NCc1ccco1. The van der Waals surface area contributed by atoms with Crippen LogP contribution in [0, 0.1) is 11.3 Å². The Bertz CT molecular complexity index is 544. The van der Waals surface area contributed by atoms with E-state index in [-0.39, 0.29) is 0 Å². The van der Waals surface area contributed by atoms with Crippen molar-refractivity contribution in [2.45, 2.75) is 19.5 Å². The van der Waals surface area contributed by atoms with Crippen molar-refractivity contribution in [3.8, 4) is 11.8 Å². The summed E-state index contributed by atoms with van der Waals surface area (Å²) in [5.41, 5.74) is 0.846. The van der Waals surface area contributed by atoms with Crippen molar-refractivity contribution in [3.63, 3.8) is 0 Å². The van der Waals surface area contributed by atoms with Crippen molar-refractivity contribution < 1.29 is 9.15 Å². The molecule has 0 saturated carbocycles. The van der Waals surface area contributed by atoms with Crippen LogP contribution in [-0.4, -0.2) is 6.61 Å². The number of hydrogen-bond donors (Lipinski definition) is 1. The highest BCUT2D eigenvalue weighted by molar-refractivity contribution is 5.38. The van der Waals surface area contributed by atoms with E-state index in [2.05, 4.69) is 11.4 Å². The Kier molecular flexibility index (Phi) is 4.60. The lowest BCUT2D eigenvalue weighted by Crippen LogP contribution is -2.20. The summed E-state index contributed by atoms with van der Waals surface area (Å²) in [4.78, 5) is 0. The summed E-state index contributed by atoms with van der Waals surface area (Å²) >= 11 is 0. The first kappa shape index (κ1) is 13.2. The van der Waals surface area contributed by atoms with Crippen molar-refractivity contribution in [1.82, 2.24) is 5.32 Å². The molecule has 0 radical (unpaired) electrons. The summed E-state index contributed by atoms with van der Waals surface area (Å²) in [5.74, 6) is 1.54. The first-order valence-electron chi connectivity index (χ1n) is 6.22. The zero-order chi connectivity index (χ0) is 13.5. The summed E-state index contributed by atoms with van der Waals surface area (Å²) in [6.07, 6.45) is 1.62. The predicted molar refractivity (Wildman–Crippen MR) is 71.5 cm³/mol. The second-order valence-corrected chi connectivity index (χ2v) is 3.99. The molecule has 0 fully saturated rings. The monoisotopic (exact) mass is 256 g/mol. The molecule has 2 aromatic rings. The molecule has 98 valence electrons. The van der Waals surface area contributed by atoms with Gasteiger partial charge in [0, 0.05) is 5.56 Å². The van der Waals surface area contributed by atoms with Gasteiger partial charge in [0.15, 0.2) is 0 Å². The molecule has 0 amide bonds. The van der Waals surface area contributed by atoms with Crippen LogP contribution in [0.2, 0.25) is 0 Å². The number of nitriles is 1. The van der Waals surface area contributed by atoms with Gasteiger partial charge < -0.3 is 9.15 Å². The van der Waals surface area contributed by atoms with Gasteiger partial charge in [-0.3, -0.25) is 5.32 Å². The Hall–Kier alpha value is -2.25. The lowest BCUT2D eigenvalue weighted by atomic mass is 10.1. The summed E-state index contributed by atoms with van der Waals surface area (Å²) in [5, 5.41) is 12.5. The Morgan fingerprint density at radius 3 is 2.84 bits per heavy atom. The van der Waals surface area contributed by atoms with Crippen molar-refractivity contribution in [3.05, 3.63) is 54.0 Å². The molecular formula is C15H16N2O2. The number of benzene rings is 1. The van der Waals surface area contributed by atoms with Crippen LogP contribution in [0.5, 0.6) is 5.75 Å². The van der Waals surface area contributed by atoms with E-state index < -0.39 is 6.04 Å². The number of ether oxygens (including phenoxy) is 1. The zero-order valence-corrected chi connectivity index (χ0v) is 10.8. The van der Waals surface area contributed by atoms with Crippen LogP contribution in [0.15, 0.2) is 47.1 Å². The van der Waals surface area contributed by atoms with Gasteiger partial charge in [0.1, 0.15) is 17.6 Å². The lowest BCUT2D eigenvalue weighted by Gasteiger charge is -2.15. The molecule has 1 unspecified atom stereocenters. The topological polar surface area (TPSA) is 58.2 Å². The number of para-hydroxylation sites is 1. The van der Waals surface area contributed by atoms with Crippen LogP contribution in [-0.2, 0) is 6.54 Å². The Balaban J connectivity index is 2.11. The minimum atomic E-state index is -0.423. The van der Waals surface area contributed by atoms with Gasteiger partial charge in [-0.2, -0.15) is 5.26 Å². The predicted octanol–water partition coefficient (Wildman–Crippen LogP) is 3.03. The molecule has 1 N–H and O–H groups in total. The molecule has 19 heavy (non-hydrogen) atoms. The third kappa shape index (κ3) is 3.36. The highest BCUT2D eigenvalue weighted by Gasteiger charge is 2.15. The normalized spacial score (nSPS) is 11.8. The van der Waals surface area contributed by atoms with Crippen LogP contribution in [0.4, 0.5) is 0 Å². The number of nitrogens with one attached hydrogen (secondary N) is 1. The number of hydrogen-bond acceptors (Lipinski definition) is 4. The van der Waals surface area contributed by atoms with Crippen molar-refractivity contribution in [1.29, 1.82) is 5.26 Å². The van der Waals surface area contributed by atoms with E-state index in [1.54, 1.807) is 6.26 Å². The fourth-order valence-corrected chi connectivity index (χ4v) is 1.85. The molecular weight excluding hydrogens is 240 g/mol. The summed E-state index contributed by atoms with van der Waals surface area (Å²) in [7, 11) is 0. The van der Waals surface area contributed by atoms with E-state index in [1.807, 2.05) is 43.3 Å². The van der Waals surface area contributed by atoms with Crippen LogP contribution in [0.25, 0.3) is 0 Å². The van der Waals surface area contributed by atoms with E-state index in [0.29, 0.717) is 13.2 Å². The second kappa shape index (κ2) is 6.62. The molecule has 2 rings (SSSR count). The molecule has 0 spiro atoms. The summed E-state index contributed by atoms with van der Waals surface area (Å²) in [6.45, 7) is 3.01. The van der Waals surface area contributed by atoms with Gasteiger partial charge in [-0.05, 0) is 25.1 Å². The number of nitrogens with zero attached hydrogens (tertiary/aromatic N) is 1. The Labute approximate surface area is 112 Å². The zero-order valence-electron chi connectivity index (χ0n) is 10.8. The molecule has 0 bridgehead atoms. The van der Waals surface area contributed by atoms with Crippen LogP contribution in [0.3, 0.4) is 0 Å². The Morgan fingerprint density at radius 2 is 2.16 bits per heavy atom. The maximum absolute atomic E-state index is 9.30. The summed E-state index contributed by atoms with van der Waals surface area (Å²) < 4.78 is 10.8. The van der Waals surface area contributed by atoms with Gasteiger partial charge in [-0.1, -0.05) is 18.2 Å². The lowest BCUT2D eigenvalue weighted by molar-refractivity contribution is 0.333. The maximum atomic E-state index is 9.30. The largest absolute Gasteiger partial charge is 0.493 e. The van der Waals surface area contributed by atoms with E-state index in [9.17, 15) is 5.26 Å². The first-order chi connectivity index (χ1) is 9.35. The van der Waals surface area contributed by atoms with Crippen molar-refractivity contribution >= 4 is 0 Å².